The minimum Gasteiger partial charge on any atom is -0.382 e. The Hall–Kier alpha value is -2.49. The van der Waals surface area contributed by atoms with Crippen LogP contribution in [-0.4, -0.2) is 15.0 Å². The second-order valence-corrected chi connectivity index (χ2v) is 3.99. The van der Waals surface area contributed by atoms with Crippen LogP contribution in [-0.2, 0) is 0 Å². The molecule has 2 rings (SSSR count). The van der Waals surface area contributed by atoms with Gasteiger partial charge >= 0.3 is 0 Å². The quantitative estimate of drug-likeness (QED) is 0.849. The van der Waals surface area contributed by atoms with Crippen molar-refractivity contribution in [3.8, 4) is 0 Å². The maximum absolute atomic E-state index is 5.82. The summed E-state index contributed by atoms with van der Waals surface area (Å²) in [5.41, 5.74) is 8.92. The first-order valence-electron chi connectivity index (χ1n) is 6.13. The Morgan fingerprint density at radius 3 is 2.95 bits per heavy atom. The lowest BCUT2D eigenvalue weighted by Gasteiger charge is -2.04. The van der Waals surface area contributed by atoms with Gasteiger partial charge in [-0.15, -0.1) is 0 Å². The van der Waals surface area contributed by atoms with Crippen LogP contribution in [0.5, 0.6) is 0 Å². The molecule has 0 aliphatic rings. The van der Waals surface area contributed by atoms with Gasteiger partial charge in [0.05, 0.1) is 11.2 Å². The number of nitrogen functional groups attached to an aromatic ring is 1. The summed E-state index contributed by atoms with van der Waals surface area (Å²) in [5, 5.41) is 0. The number of nitrogens with two attached hydrogens (primary N) is 1. The van der Waals surface area contributed by atoms with Crippen LogP contribution in [0.3, 0.4) is 0 Å². The van der Waals surface area contributed by atoms with Gasteiger partial charge in [-0.1, -0.05) is 37.8 Å². The van der Waals surface area contributed by atoms with Crippen LogP contribution in [0.4, 0.5) is 5.82 Å². The molecule has 0 unspecified atom stereocenters. The molecule has 2 heterocycles. The Kier molecular flexibility index (Phi) is 4.03. The Labute approximate surface area is 112 Å². The molecule has 96 valence electrons. The Balaban J connectivity index is 2.50. The number of aromatic nitrogens is 3. The van der Waals surface area contributed by atoms with Crippen LogP contribution in [0.25, 0.3) is 16.6 Å². The van der Waals surface area contributed by atoms with Crippen molar-refractivity contribution >= 4 is 22.4 Å². The van der Waals surface area contributed by atoms with Crippen LogP contribution in [0.15, 0.2) is 49.3 Å². The third kappa shape index (κ3) is 2.85. The third-order valence-electron chi connectivity index (χ3n) is 2.67. The van der Waals surface area contributed by atoms with Gasteiger partial charge in [0, 0.05) is 0 Å². The molecule has 4 heteroatoms. The van der Waals surface area contributed by atoms with E-state index in [0.29, 0.717) is 11.3 Å². The van der Waals surface area contributed by atoms with Gasteiger partial charge in [-0.2, -0.15) is 0 Å². The number of hydrogen-bond donors (Lipinski definition) is 1. The summed E-state index contributed by atoms with van der Waals surface area (Å²) in [7, 11) is 0. The summed E-state index contributed by atoms with van der Waals surface area (Å²) in [6, 6.07) is 3.79. The average molecular weight is 252 g/mol. The summed E-state index contributed by atoms with van der Waals surface area (Å²) in [6.07, 6.45) is 10.2. The van der Waals surface area contributed by atoms with Crippen molar-refractivity contribution in [2.24, 2.45) is 0 Å². The fourth-order valence-electron chi connectivity index (χ4n) is 1.69. The minimum absolute atomic E-state index is 0.388. The highest BCUT2D eigenvalue weighted by atomic mass is 14.9. The SMILES string of the molecule is C=C/C(=C\C=C/CC)c1ccc2ncnc(N)c2n1. The van der Waals surface area contributed by atoms with Crippen molar-refractivity contribution < 1.29 is 0 Å². The van der Waals surface area contributed by atoms with E-state index in [2.05, 4.69) is 34.5 Å². The molecule has 0 amide bonds. The highest BCUT2D eigenvalue weighted by Crippen LogP contribution is 2.19. The number of anilines is 1. The maximum atomic E-state index is 5.82. The zero-order valence-corrected chi connectivity index (χ0v) is 10.9. The first-order valence-corrected chi connectivity index (χ1v) is 6.13. The van der Waals surface area contributed by atoms with E-state index in [1.165, 1.54) is 6.33 Å². The van der Waals surface area contributed by atoms with Crippen LogP contribution in [0.1, 0.15) is 19.0 Å². The minimum atomic E-state index is 0.388. The van der Waals surface area contributed by atoms with E-state index < -0.39 is 0 Å². The molecule has 0 spiro atoms. The largest absolute Gasteiger partial charge is 0.382 e. The second kappa shape index (κ2) is 5.91. The summed E-state index contributed by atoms with van der Waals surface area (Å²) < 4.78 is 0. The van der Waals surface area contributed by atoms with Gasteiger partial charge in [-0.25, -0.2) is 15.0 Å². The lowest BCUT2D eigenvalue weighted by atomic mass is 10.1. The standard InChI is InChI=1S/C15H16N4/c1-3-5-6-7-11(4-2)12-8-9-13-14(19-12)15(16)18-10-17-13/h4-10H,2-3H2,1H3,(H2,16,17,18)/b6-5-,11-7+. The molecule has 0 aliphatic heterocycles. The fourth-order valence-corrected chi connectivity index (χ4v) is 1.69. The second-order valence-electron chi connectivity index (χ2n) is 3.99. The van der Waals surface area contributed by atoms with Gasteiger partial charge in [0.2, 0.25) is 0 Å². The number of rotatable bonds is 4. The fraction of sp³-hybridized carbons (Fsp3) is 0.133. The van der Waals surface area contributed by atoms with Crippen molar-refractivity contribution in [1.82, 2.24) is 15.0 Å². The van der Waals surface area contributed by atoms with Gasteiger partial charge in [0.25, 0.3) is 0 Å². The van der Waals surface area contributed by atoms with Crippen LogP contribution < -0.4 is 5.73 Å². The number of pyridine rings is 1. The Morgan fingerprint density at radius 2 is 2.21 bits per heavy atom. The smallest absolute Gasteiger partial charge is 0.153 e. The van der Waals surface area contributed by atoms with E-state index in [4.69, 9.17) is 5.73 Å². The van der Waals surface area contributed by atoms with Gasteiger partial charge < -0.3 is 5.73 Å². The van der Waals surface area contributed by atoms with E-state index in [-0.39, 0.29) is 0 Å². The molecular formula is C15H16N4. The van der Waals surface area contributed by atoms with Crippen LogP contribution in [0.2, 0.25) is 0 Å². The molecule has 0 saturated carbocycles. The third-order valence-corrected chi connectivity index (χ3v) is 2.67. The van der Waals surface area contributed by atoms with Crippen LogP contribution in [0, 0.1) is 0 Å². The predicted octanol–water partition coefficient (Wildman–Crippen LogP) is 3.14. The highest BCUT2D eigenvalue weighted by Gasteiger charge is 2.05. The molecule has 0 bridgehead atoms. The van der Waals surface area contributed by atoms with Crippen molar-refractivity contribution in [2.45, 2.75) is 13.3 Å². The molecule has 0 fully saturated rings. The lowest BCUT2D eigenvalue weighted by Crippen LogP contribution is -1.97. The summed E-state index contributed by atoms with van der Waals surface area (Å²) in [5.74, 6) is 0.388. The zero-order valence-electron chi connectivity index (χ0n) is 10.9. The zero-order chi connectivity index (χ0) is 13.7. The molecule has 2 aromatic heterocycles. The van der Waals surface area contributed by atoms with E-state index in [0.717, 1.165) is 23.2 Å². The van der Waals surface area contributed by atoms with Crippen molar-refractivity contribution in [3.05, 3.63) is 55.0 Å². The van der Waals surface area contributed by atoms with Gasteiger partial charge in [0.1, 0.15) is 11.8 Å². The average Bonchev–Trinajstić information content (AvgIpc) is 2.44. The molecule has 0 aromatic carbocycles. The Bertz CT molecular complexity index is 656. The molecule has 0 aliphatic carbocycles. The van der Waals surface area contributed by atoms with Crippen molar-refractivity contribution in [2.75, 3.05) is 5.73 Å². The molecule has 0 radical (unpaired) electrons. The number of allylic oxidation sites excluding steroid dienone is 5. The topological polar surface area (TPSA) is 64.7 Å². The predicted molar refractivity (Wildman–Crippen MR) is 79.4 cm³/mol. The highest BCUT2D eigenvalue weighted by molar-refractivity contribution is 5.86. The molecule has 19 heavy (non-hydrogen) atoms. The normalized spacial score (nSPS) is 12.2. The first kappa shape index (κ1) is 13.0. The molecule has 2 N–H and O–H groups in total. The number of hydrogen-bond acceptors (Lipinski definition) is 4. The maximum Gasteiger partial charge on any atom is 0.153 e. The molecule has 2 aromatic rings. The van der Waals surface area contributed by atoms with Crippen molar-refractivity contribution in [3.63, 3.8) is 0 Å². The first-order chi connectivity index (χ1) is 9.26. The van der Waals surface area contributed by atoms with Gasteiger partial charge in [0.15, 0.2) is 5.82 Å². The monoisotopic (exact) mass is 252 g/mol. The Morgan fingerprint density at radius 1 is 1.37 bits per heavy atom. The van der Waals surface area contributed by atoms with Gasteiger partial charge in [-0.3, -0.25) is 0 Å². The van der Waals surface area contributed by atoms with E-state index in [1.807, 2.05) is 24.3 Å². The summed E-state index contributed by atoms with van der Waals surface area (Å²) in [6.45, 7) is 5.90. The van der Waals surface area contributed by atoms with E-state index in [1.54, 1.807) is 6.08 Å². The summed E-state index contributed by atoms with van der Waals surface area (Å²) in [4.78, 5) is 12.6. The van der Waals surface area contributed by atoms with Gasteiger partial charge in [-0.05, 0) is 24.1 Å². The summed E-state index contributed by atoms with van der Waals surface area (Å²) >= 11 is 0. The van der Waals surface area contributed by atoms with Crippen molar-refractivity contribution in [1.29, 1.82) is 0 Å². The number of nitrogens with zero attached hydrogens (tertiary/aromatic N) is 3. The van der Waals surface area contributed by atoms with Crippen LogP contribution >= 0.6 is 0 Å². The van der Waals surface area contributed by atoms with E-state index in [9.17, 15) is 0 Å². The molecule has 0 atom stereocenters. The molecule has 4 nitrogen and oxygen atoms in total. The lowest BCUT2D eigenvalue weighted by molar-refractivity contribution is 1.20. The number of fused-ring (bicyclic) bond motifs is 1. The molecular weight excluding hydrogens is 236 g/mol. The molecule has 0 saturated heterocycles. The van der Waals surface area contributed by atoms with E-state index >= 15 is 0 Å².